The average Bonchev–Trinajstić information content (AvgIpc) is 2.81. The lowest BCUT2D eigenvalue weighted by atomic mass is 10.2. The molecular formula is C15H18BrN3O. The first-order valence-electron chi connectivity index (χ1n) is 6.81. The van der Waals surface area contributed by atoms with Crippen molar-refractivity contribution in [2.45, 2.75) is 6.92 Å². The number of anilines is 1. The number of piperazine rings is 1. The second-order valence-electron chi connectivity index (χ2n) is 5.36. The zero-order valence-corrected chi connectivity index (χ0v) is 13.4. The molecule has 1 aromatic heterocycles. The molecule has 1 fully saturated rings. The van der Waals surface area contributed by atoms with Crippen LogP contribution in [0.5, 0.6) is 0 Å². The minimum atomic E-state index is 0.0478. The van der Waals surface area contributed by atoms with Gasteiger partial charge in [0.15, 0.2) is 0 Å². The van der Waals surface area contributed by atoms with Gasteiger partial charge in [0.05, 0.1) is 11.2 Å². The van der Waals surface area contributed by atoms with Gasteiger partial charge in [-0.25, -0.2) is 0 Å². The molecular weight excluding hydrogens is 318 g/mol. The lowest BCUT2D eigenvalue weighted by Crippen LogP contribution is -2.44. The second-order valence-corrected chi connectivity index (χ2v) is 6.21. The SMILES string of the molecule is CC(=O)n1ccc2cc(Br)c(N3CCN(C)CC3)cc21. The summed E-state index contributed by atoms with van der Waals surface area (Å²) >= 11 is 3.66. The Hall–Kier alpha value is -1.33. The fraction of sp³-hybridized carbons (Fsp3) is 0.400. The van der Waals surface area contributed by atoms with Gasteiger partial charge in [-0.3, -0.25) is 9.36 Å². The largest absolute Gasteiger partial charge is 0.368 e. The van der Waals surface area contributed by atoms with E-state index in [-0.39, 0.29) is 5.91 Å². The Morgan fingerprint density at radius 3 is 2.55 bits per heavy atom. The summed E-state index contributed by atoms with van der Waals surface area (Å²) in [5.74, 6) is 0.0478. The number of rotatable bonds is 1. The zero-order chi connectivity index (χ0) is 14.3. The highest BCUT2D eigenvalue weighted by molar-refractivity contribution is 9.10. The number of nitrogens with zero attached hydrogens (tertiary/aromatic N) is 3. The molecule has 0 aliphatic carbocycles. The van der Waals surface area contributed by atoms with E-state index in [1.165, 1.54) is 5.69 Å². The van der Waals surface area contributed by atoms with E-state index in [9.17, 15) is 4.79 Å². The number of halogens is 1. The molecule has 0 spiro atoms. The summed E-state index contributed by atoms with van der Waals surface area (Å²) in [6.07, 6.45) is 1.84. The van der Waals surface area contributed by atoms with E-state index in [1.807, 2.05) is 12.3 Å². The van der Waals surface area contributed by atoms with E-state index in [2.05, 4.69) is 44.9 Å². The van der Waals surface area contributed by atoms with Gasteiger partial charge in [0.2, 0.25) is 5.91 Å². The molecule has 0 amide bonds. The van der Waals surface area contributed by atoms with Crippen LogP contribution in [0.25, 0.3) is 10.9 Å². The number of carbonyl (C=O) groups excluding carboxylic acids is 1. The Bertz CT molecular complexity index is 656. The summed E-state index contributed by atoms with van der Waals surface area (Å²) in [6, 6.07) is 6.20. The Morgan fingerprint density at radius 1 is 1.20 bits per heavy atom. The van der Waals surface area contributed by atoms with Crippen LogP contribution >= 0.6 is 15.9 Å². The molecule has 0 radical (unpaired) electrons. The van der Waals surface area contributed by atoms with Crippen LogP contribution in [0, 0.1) is 0 Å². The molecule has 20 heavy (non-hydrogen) atoms. The van der Waals surface area contributed by atoms with Crippen LogP contribution in [0.15, 0.2) is 28.9 Å². The minimum Gasteiger partial charge on any atom is -0.368 e. The van der Waals surface area contributed by atoms with Crippen LogP contribution in [0.4, 0.5) is 5.69 Å². The average molecular weight is 336 g/mol. The minimum absolute atomic E-state index is 0.0478. The molecule has 0 saturated carbocycles. The Morgan fingerprint density at radius 2 is 1.90 bits per heavy atom. The number of hydrogen-bond donors (Lipinski definition) is 0. The quantitative estimate of drug-likeness (QED) is 0.802. The number of hydrogen-bond acceptors (Lipinski definition) is 3. The van der Waals surface area contributed by atoms with Crippen molar-refractivity contribution in [2.75, 3.05) is 38.1 Å². The molecule has 4 nitrogen and oxygen atoms in total. The summed E-state index contributed by atoms with van der Waals surface area (Å²) < 4.78 is 2.80. The van der Waals surface area contributed by atoms with Crippen molar-refractivity contribution < 1.29 is 4.79 Å². The summed E-state index contributed by atoms with van der Waals surface area (Å²) in [5, 5.41) is 1.09. The van der Waals surface area contributed by atoms with Crippen LogP contribution < -0.4 is 4.90 Å². The number of benzene rings is 1. The summed E-state index contributed by atoms with van der Waals surface area (Å²) in [4.78, 5) is 16.4. The first kappa shape index (κ1) is 13.6. The Balaban J connectivity index is 2.04. The van der Waals surface area contributed by atoms with Gasteiger partial charge in [-0.1, -0.05) is 0 Å². The van der Waals surface area contributed by atoms with Crippen LogP contribution in [0.2, 0.25) is 0 Å². The molecule has 0 unspecified atom stereocenters. The summed E-state index contributed by atoms with van der Waals surface area (Å²) in [7, 11) is 2.15. The highest BCUT2D eigenvalue weighted by Crippen LogP contribution is 2.32. The second kappa shape index (κ2) is 5.22. The van der Waals surface area contributed by atoms with Crippen molar-refractivity contribution in [3.05, 3.63) is 28.9 Å². The monoisotopic (exact) mass is 335 g/mol. The highest BCUT2D eigenvalue weighted by Gasteiger charge is 2.18. The van der Waals surface area contributed by atoms with Crippen molar-refractivity contribution in [1.29, 1.82) is 0 Å². The molecule has 106 valence electrons. The smallest absolute Gasteiger partial charge is 0.227 e. The fourth-order valence-electron chi connectivity index (χ4n) is 2.71. The van der Waals surface area contributed by atoms with Crippen molar-refractivity contribution >= 4 is 38.4 Å². The number of fused-ring (bicyclic) bond motifs is 1. The predicted molar refractivity (Wildman–Crippen MR) is 85.6 cm³/mol. The molecule has 0 atom stereocenters. The molecule has 5 heteroatoms. The van der Waals surface area contributed by atoms with Gasteiger partial charge in [-0.2, -0.15) is 0 Å². The number of aromatic nitrogens is 1. The van der Waals surface area contributed by atoms with E-state index < -0.39 is 0 Å². The zero-order valence-electron chi connectivity index (χ0n) is 11.8. The molecule has 1 saturated heterocycles. The molecule has 1 aromatic carbocycles. The highest BCUT2D eigenvalue weighted by atomic mass is 79.9. The van der Waals surface area contributed by atoms with Gasteiger partial charge >= 0.3 is 0 Å². The van der Waals surface area contributed by atoms with E-state index in [4.69, 9.17) is 0 Å². The molecule has 1 aliphatic rings. The van der Waals surface area contributed by atoms with Gasteiger partial charge in [-0.15, -0.1) is 0 Å². The topological polar surface area (TPSA) is 28.5 Å². The molecule has 2 heterocycles. The molecule has 0 bridgehead atoms. The van der Waals surface area contributed by atoms with Crippen LogP contribution in [0.3, 0.4) is 0 Å². The summed E-state index contributed by atoms with van der Waals surface area (Å²) in [6.45, 7) is 5.76. The maximum Gasteiger partial charge on any atom is 0.227 e. The number of carbonyl (C=O) groups is 1. The van der Waals surface area contributed by atoms with Crippen molar-refractivity contribution in [3.8, 4) is 0 Å². The predicted octanol–water partition coefficient (Wildman–Crippen LogP) is 2.82. The van der Waals surface area contributed by atoms with Crippen molar-refractivity contribution in [3.63, 3.8) is 0 Å². The number of likely N-dealkylation sites (N-methyl/N-ethyl adjacent to an activating group) is 1. The van der Waals surface area contributed by atoms with Gasteiger partial charge < -0.3 is 9.80 Å². The van der Waals surface area contributed by atoms with Crippen molar-refractivity contribution in [2.24, 2.45) is 0 Å². The van der Waals surface area contributed by atoms with Gasteiger partial charge in [-0.05, 0) is 41.2 Å². The molecule has 1 aliphatic heterocycles. The maximum atomic E-state index is 11.7. The fourth-order valence-corrected chi connectivity index (χ4v) is 3.32. The van der Waals surface area contributed by atoms with Gasteiger partial charge in [0.25, 0.3) is 0 Å². The molecule has 3 rings (SSSR count). The van der Waals surface area contributed by atoms with E-state index in [0.29, 0.717) is 0 Å². The standard InChI is InChI=1S/C15H18BrN3O/c1-11(20)19-4-3-12-9-13(16)15(10-14(12)19)18-7-5-17(2)6-8-18/h3-4,9-10H,5-8H2,1-2H3. The summed E-state index contributed by atoms with van der Waals surface area (Å²) in [5.41, 5.74) is 2.15. The van der Waals surface area contributed by atoms with Crippen LogP contribution in [-0.4, -0.2) is 48.6 Å². The van der Waals surface area contributed by atoms with Gasteiger partial charge in [0, 0.05) is 49.2 Å². The normalized spacial score (nSPS) is 16.9. The van der Waals surface area contributed by atoms with E-state index in [1.54, 1.807) is 11.5 Å². The molecule has 0 N–H and O–H groups in total. The first-order chi connectivity index (χ1) is 9.56. The lowest BCUT2D eigenvalue weighted by molar-refractivity contribution is 0.0941. The van der Waals surface area contributed by atoms with E-state index in [0.717, 1.165) is 41.6 Å². The third-order valence-corrected chi connectivity index (χ3v) is 4.58. The van der Waals surface area contributed by atoms with Crippen LogP contribution in [-0.2, 0) is 0 Å². The maximum absolute atomic E-state index is 11.7. The first-order valence-corrected chi connectivity index (χ1v) is 7.60. The Labute approximate surface area is 127 Å². The lowest BCUT2D eigenvalue weighted by Gasteiger charge is -2.34. The third-order valence-electron chi connectivity index (χ3n) is 3.94. The van der Waals surface area contributed by atoms with Gasteiger partial charge in [0.1, 0.15) is 0 Å². The Kier molecular flexibility index (Phi) is 3.56. The van der Waals surface area contributed by atoms with Crippen LogP contribution in [0.1, 0.15) is 11.7 Å². The van der Waals surface area contributed by atoms with Crippen molar-refractivity contribution in [1.82, 2.24) is 9.47 Å². The molecule has 2 aromatic rings. The third kappa shape index (κ3) is 2.36. The van der Waals surface area contributed by atoms with E-state index >= 15 is 0 Å².